The number of rotatable bonds is 4. The standard InChI is InChI=1S/C17H22N4O2.ClH/c1-22-13-5-2-11(3-6-13)17-19-16(23-20-17)10-21-8-12-4-7-15(18)14(12)9-21;/h2-3,5-6,12,14-15H,4,7-10,18H2,1H3;1H. The summed E-state index contributed by atoms with van der Waals surface area (Å²) < 4.78 is 10.6. The van der Waals surface area contributed by atoms with Crippen LogP contribution in [0.1, 0.15) is 18.7 Å². The maximum absolute atomic E-state index is 6.19. The van der Waals surface area contributed by atoms with Crippen LogP contribution in [0.15, 0.2) is 28.8 Å². The topological polar surface area (TPSA) is 77.4 Å². The zero-order valence-electron chi connectivity index (χ0n) is 13.7. The van der Waals surface area contributed by atoms with E-state index in [2.05, 4.69) is 15.0 Å². The predicted octanol–water partition coefficient (Wildman–Crippen LogP) is 2.34. The van der Waals surface area contributed by atoms with Crippen molar-refractivity contribution in [2.24, 2.45) is 17.6 Å². The van der Waals surface area contributed by atoms with Crippen LogP contribution in [0.3, 0.4) is 0 Å². The Labute approximate surface area is 147 Å². The first kappa shape index (κ1) is 17.2. The number of nitrogens with two attached hydrogens (primary N) is 1. The predicted molar refractivity (Wildman–Crippen MR) is 93.0 cm³/mol. The van der Waals surface area contributed by atoms with Crippen LogP contribution in [0.2, 0.25) is 0 Å². The Balaban J connectivity index is 0.00000169. The summed E-state index contributed by atoms with van der Waals surface area (Å²) >= 11 is 0. The average Bonchev–Trinajstić information content (AvgIpc) is 3.27. The molecule has 3 atom stereocenters. The Morgan fingerprint density at radius 3 is 2.75 bits per heavy atom. The van der Waals surface area contributed by atoms with Crippen molar-refractivity contribution in [2.75, 3.05) is 20.2 Å². The van der Waals surface area contributed by atoms with Crippen LogP contribution in [-0.4, -0.2) is 41.3 Å². The van der Waals surface area contributed by atoms with Crippen molar-refractivity contribution in [3.05, 3.63) is 30.2 Å². The van der Waals surface area contributed by atoms with Crippen LogP contribution in [0, 0.1) is 11.8 Å². The summed E-state index contributed by atoms with van der Waals surface area (Å²) in [4.78, 5) is 6.91. The Bertz CT molecular complexity index is 675. The van der Waals surface area contributed by atoms with Gasteiger partial charge in [-0.25, -0.2) is 0 Å². The number of hydrogen-bond acceptors (Lipinski definition) is 6. The molecule has 1 aliphatic heterocycles. The molecular weight excluding hydrogens is 328 g/mol. The zero-order chi connectivity index (χ0) is 15.8. The van der Waals surface area contributed by atoms with Gasteiger partial charge in [0.25, 0.3) is 0 Å². The summed E-state index contributed by atoms with van der Waals surface area (Å²) in [6.45, 7) is 2.85. The second-order valence-electron chi connectivity index (χ2n) is 6.60. The van der Waals surface area contributed by atoms with Gasteiger partial charge in [0.2, 0.25) is 11.7 Å². The lowest BCUT2D eigenvalue weighted by Crippen LogP contribution is -2.30. The van der Waals surface area contributed by atoms with Gasteiger partial charge in [0.05, 0.1) is 13.7 Å². The number of methoxy groups -OCH3 is 1. The molecule has 3 unspecified atom stereocenters. The van der Waals surface area contributed by atoms with Crippen molar-refractivity contribution in [1.82, 2.24) is 15.0 Å². The molecule has 2 fully saturated rings. The maximum Gasteiger partial charge on any atom is 0.241 e. The van der Waals surface area contributed by atoms with E-state index in [4.69, 9.17) is 15.0 Å². The number of benzene rings is 1. The van der Waals surface area contributed by atoms with Crippen LogP contribution in [0.4, 0.5) is 0 Å². The molecule has 1 aliphatic carbocycles. The molecule has 130 valence electrons. The highest BCUT2D eigenvalue weighted by molar-refractivity contribution is 5.85. The average molecular weight is 351 g/mol. The molecule has 2 N–H and O–H groups in total. The van der Waals surface area contributed by atoms with Crippen molar-refractivity contribution in [1.29, 1.82) is 0 Å². The molecule has 0 spiro atoms. The summed E-state index contributed by atoms with van der Waals surface area (Å²) in [7, 11) is 1.65. The molecule has 0 amide bonds. The molecule has 7 heteroatoms. The van der Waals surface area contributed by atoms with Gasteiger partial charge in [-0.1, -0.05) is 5.16 Å². The Morgan fingerprint density at radius 1 is 1.25 bits per heavy atom. The Kier molecular flexibility index (Phi) is 5.08. The smallest absolute Gasteiger partial charge is 0.241 e. The van der Waals surface area contributed by atoms with Gasteiger partial charge in [-0.05, 0) is 48.9 Å². The molecular formula is C17H23ClN4O2. The van der Waals surface area contributed by atoms with E-state index in [-0.39, 0.29) is 12.4 Å². The number of fused-ring (bicyclic) bond motifs is 1. The van der Waals surface area contributed by atoms with E-state index in [0.717, 1.165) is 30.3 Å². The van der Waals surface area contributed by atoms with Gasteiger partial charge in [0, 0.05) is 24.7 Å². The summed E-state index contributed by atoms with van der Waals surface area (Å²) in [5.74, 6) is 3.49. The van der Waals surface area contributed by atoms with Gasteiger partial charge < -0.3 is 15.0 Å². The third kappa shape index (κ3) is 3.27. The lowest BCUT2D eigenvalue weighted by molar-refractivity contribution is 0.250. The molecule has 0 radical (unpaired) electrons. The van der Waals surface area contributed by atoms with Crippen LogP contribution < -0.4 is 10.5 Å². The highest BCUT2D eigenvalue weighted by Gasteiger charge is 2.41. The van der Waals surface area contributed by atoms with Gasteiger partial charge in [0.15, 0.2) is 0 Å². The lowest BCUT2D eigenvalue weighted by atomic mass is 9.98. The van der Waals surface area contributed by atoms with E-state index in [9.17, 15) is 0 Å². The quantitative estimate of drug-likeness (QED) is 0.911. The third-order valence-corrected chi connectivity index (χ3v) is 5.16. The second kappa shape index (κ2) is 7.09. The number of halogens is 1. The third-order valence-electron chi connectivity index (χ3n) is 5.16. The lowest BCUT2D eigenvalue weighted by Gasteiger charge is -2.15. The number of likely N-dealkylation sites (tertiary alicyclic amines) is 1. The van der Waals surface area contributed by atoms with Crippen LogP contribution in [0.25, 0.3) is 11.4 Å². The van der Waals surface area contributed by atoms with Gasteiger partial charge >= 0.3 is 0 Å². The first-order valence-corrected chi connectivity index (χ1v) is 8.18. The summed E-state index contributed by atoms with van der Waals surface area (Å²) in [5, 5.41) is 4.09. The maximum atomic E-state index is 6.19. The van der Waals surface area contributed by atoms with Crippen LogP contribution >= 0.6 is 12.4 Å². The largest absolute Gasteiger partial charge is 0.497 e. The van der Waals surface area contributed by atoms with Crippen LogP contribution in [0.5, 0.6) is 5.75 Å². The number of ether oxygens (including phenoxy) is 1. The molecule has 2 heterocycles. The van der Waals surface area contributed by atoms with Crippen molar-refractivity contribution < 1.29 is 9.26 Å². The van der Waals surface area contributed by atoms with E-state index in [1.54, 1.807) is 7.11 Å². The van der Waals surface area contributed by atoms with Gasteiger partial charge in [0.1, 0.15) is 5.75 Å². The fraction of sp³-hybridized carbons (Fsp3) is 0.529. The molecule has 4 rings (SSSR count). The first-order valence-electron chi connectivity index (χ1n) is 8.18. The summed E-state index contributed by atoms with van der Waals surface area (Å²) in [6, 6.07) is 8.03. The van der Waals surface area contributed by atoms with Gasteiger partial charge in [-0.15, -0.1) is 12.4 Å². The number of aromatic nitrogens is 2. The van der Waals surface area contributed by atoms with E-state index in [1.807, 2.05) is 24.3 Å². The van der Waals surface area contributed by atoms with E-state index >= 15 is 0 Å². The van der Waals surface area contributed by atoms with Crippen molar-refractivity contribution >= 4 is 12.4 Å². The van der Waals surface area contributed by atoms with Crippen molar-refractivity contribution in [3.63, 3.8) is 0 Å². The number of nitrogens with zero attached hydrogens (tertiary/aromatic N) is 3. The highest BCUT2D eigenvalue weighted by atomic mass is 35.5. The fourth-order valence-electron chi connectivity index (χ4n) is 3.90. The zero-order valence-corrected chi connectivity index (χ0v) is 14.5. The van der Waals surface area contributed by atoms with E-state index < -0.39 is 0 Å². The van der Waals surface area contributed by atoms with Crippen molar-refractivity contribution in [3.8, 4) is 17.1 Å². The second-order valence-corrected chi connectivity index (χ2v) is 6.60. The van der Waals surface area contributed by atoms with Gasteiger partial charge in [-0.3, -0.25) is 4.90 Å². The number of hydrogen-bond donors (Lipinski definition) is 1. The summed E-state index contributed by atoms with van der Waals surface area (Å²) in [5.41, 5.74) is 7.12. The molecule has 24 heavy (non-hydrogen) atoms. The molecule has 1 saturated carbocycles. The Hall–Kier alpha value is -1.63. The van der Waals surface area contributed by atoms with Gasteiger partial charge in [-0.2, -0.15) is 4.98 Å². The summed E-state index contributed by atoms with van der Waals surface area (Å²) in [6.07, 6.45) is 2.43. The highest BCUT2D eigenvalue weighted by Crippen LogP contribution is 2.37. The minimum atomic E-state index is 0. The van der Waals surface area contributed by atoms with Crippen LogP contribution in [-0.2, 0) is 6.54 Å². The monoisotopic (exact) mass is 350 g/mol. The van der Waals surface area contributed by atoms with E-state index in [1.165, 1.54) is 12.8 Å². The normalized spacial score (nSPS) is 26.2. The molecule has 1 aromatic heterocycles. The SMILES string of the molecule is COc1ccc(-c2noc(CN3CC4CCC(N)C4C3)n2)cc1.Cl. The molecule has 2 aliphatic rings. The minimum Gasteiger partial charge on any atom is -0.497 e. The first-order chi connectivity index (χ1) is 11.2. The minimum absolute atomic E-state index is 0. The Morgan fingerprint density at radius 2 is 2.04 bits per heavy atom. The molecule has 1 saturated heterocycles. The molecule has 1 aromatic carbocycles. The van der Waals surface area contributed by atoms with Crippen molar-refractivity contribution in [2.45, 2.75) is 25.4 Å². The van der Waals surface area contributed by atoms with E-state index in [0.29, 0.717) is 30.2 Å². The molecule has 6 nitrogen and oxygen atoms in total. The molecule has 2 aromatic rings. The molecule has 0 bridgehead atoms. The fourth-order valence-corrected chi connectivity index (χ4v) is 3.90.